The largest absolute Gasteiger partial charge is 0.396 e. The van der Waals surface area contributed by atoms with Crippen molar-refractivity contribution in [2.24, 2.45) is 5.41 Å². The molecule has 0 amide bonds. The van der Waals surface area contributed by atoms with Gasteiger partial charge in [0.2, 0.25) is 0 Å². The van der Waals surface area contributed by atoms with Crippen molar-refractivity contribution < 1.29 is 9.84 Å². The van der Waals surface area contributed by atoms with E-state index in [0.717, 1.165) is 19.6 Å². The zero-order chi connectivity index (χ0) is 12.6. The smallest absolute Gasteiger partial charge is 0.0760 e. The molecule has 0 radical (unpaired) electrons. The molecule has 1 saturated heterocycles. The van der Waals surface area contributed by atoms with Gasteiger partial charge in [0, 0.05) is 31.7 Å². The van der Waals surface area contributed by atoms with Crippen molar-refractivity contribution in [3.8, 4) is 0 Å². The Morgan fingerprint density at radius 1 is 1.12 bits per heavy atom. The van der Waals surface area contributed by atoms with Crippen molar-refractivity contribution in [2.45, 2.75) is 52.7 Å². The van der Waals surface area contributed by atoms with E-state index in [1.54, 1.807) is 0 Å². The summed E-state index contributed by atoms with van der Waals surface area (Å²) >= 11 is 0. The van der Waals surface area contributed by atoms with Crippen LogP contribution < -0.4 is 0 Å². The Labute approximate surface area is 99.8 Å². The van der Waals surface area contributed by atoms with E-state index in [-0.39, 0.29) is 23.2 Å². The van der Waals surface area contributed by atoms with E-state index in [4.69, 9.17) is 4.74 Å². The number of rotatable bonds is 3. The molecule has 16 heavy (non-hydrogen) atoms. The Hall–Kier alpha value is -0.120. The number of morpholine rings is 1. The number of aliphatic hydroxyl groups is 1. The summed E-state index contributed by atoms with van der Waals surface area (Å²) in [4.78, 5) is 2.40. The van der Waals surface area contributed by atoms with E-state index >= 15 is 0 Å². The molecule has 0 spiro atoms. The molecule has 0 saturated carbocycles. The summed E-state index contributed by atoms with van der Waals surface area (Å²) in [5.41, 5.74) is -0.246. The monoisotopic (exact) mass is 229 g/mol. The predicted molar refractivity (Wildman–Crippen MR) is 66.5 cm³/mol. The van der Waals surface area contributed by atoms with E-state index in [1.165, 1.54) is 0 Å². The van der Waals surface area contributed by atoms with Crippen LogP contribution in [0.3, 0.4) is 0 Å². The van der Waals surface area contributed by atoms with Crippen LogP contribution in [0.4, 0.5) is 0 Å². The minimum atomic E-state index is -0.104. The second kappa shape index (κ2) is 4.28. The third kappa shape index (κ3) is 4.04. The first kappa shape index (κ1) is 13.9. The van der Waals surface area contributed by atoms with Crippen LogP contribution in [0.25, 0.3) is 0 Å². The van der Waals surface area contributed by atoms with Gasteiger partial charge in [0.15, 0.2) is 0 Å². The first-order valence-electron chi connectivity index (χ1n) is 6.09. The van der Waals surface area contributed by atoms with Crippen LogP contribution in [-0.2, 0) is 4.74 Å². The SMILES string of the molecule is CC(C)(CO)CN1CC(C)(C)OC(C)(C)C1. The minimum absolute atomic E-state index is 0.0382. The van der Waals surface area contributed by atoms with E-state index in [9.17, 15) is 5.11 Å². The lowest BCUT2D eigenvalue weighted by atomic mass is 9.91. The molecule has 1 fully saturated rings. The molecule has 3 heteroatoms. The van der Waals surface area contributed by atoms with Gasteiger partial charge in [0.1, 0.15) is 0 Å². The van der Waals surface area contributed by atoms with Gasteiger partial charge in [-0.15, -0.1) is 0 Å². The lowest BCUT2D eigenvalue weighted by Gasteiger charge is -2.48. The van der Waals surface area contributed by atoms with Crippen molar-refractivity contribution in [1.29, 1.82) is 0 Å². The maximum absolute atomic E-state index is 9.33. The fourth-order valence-corrected chi connectivity index (χ4v) is 2.71. The summed E-state index contributed by atoms with van der Waals surface area (Å²) in [7, 11) is 0. The van der Waals surface area contributed by atoms with E-state index in [0.29, 0.717) is 0 Å². The van der Waals surface area contributed by atoms with Gasteiger partial charge >= 0.3 is 0 Å². The summed E-state index contributed by atoms with van der Waals surface area (Å²) < 4.78 is 6.04. The molecule has 1 aliphatic rings. The Bertz CT molecular complexity index is 230. The molecule has 0 aliphatic carbocycles. The van der Waals surface area contributed by atoms with Gasteiger partial charge in [-0.2, -0.15) is 0 Å². The maximum Gasteiger partial charge on any atom is 0.0760 e. The van der Waals surface area contributed by atoms with Crippen LogP contribution in [-0.4, -0.2) is 47.4 Å². The van der Waals surface area contributed by atoms with Gasteiger partial charge in [-0.3, -0.25) is 4.90 Å². The van der Waals surface area contributed by atoms with Crippen LogP contribution in [0.5, 0.6) is 0 Å². The maximum atomic E-state index is 9.33. The Balaban J connectivity index is 2.68. The number of hydrogen-bond donors (Lipinski definition) is 1. The molecule has 3 nitrogen and oxygen atoms in total. The number of ether oxygens (including phenoxy) is 1. The normalized spacial score (nSPS) is 25.7. The summed E-state index contributed by atoms with van der Waals surface area (Å²) in [6, 6.07) is 0. The number of aliphatic hydroxyl groups excluding tert-OH is 1. The third-order valence-electron chi connectivity index (χ3n) is 2.84. The summed E-state index contributed by atoms with van der Waals surface area (Å²) in [6.45, 7) is 15.7. The standard InChI is InChI=1S/C13H27NO2/c1-11(2,10-15)7-14-8-12(3,4)16-13(5,6)9-14/h15H,7-10H2,1-6H3. The Morgan fingerprint density at radius 2 is 1.56 bits per heavy atom. The van der Waals surface area contributed by atoms with Crippen molar-refractivity contribution in [3.63, 3.8) is 0 Å². The fraction of sp³-hybridized carbons (Fsp3) is 1.00. The molecule has 1 rings (SSSR count). The van der Waals surface area contributed by atoms with Crippen molar-refractivity contribution >= 4 is 0 Å². The molecular weight excluding hydrogens is 202 g/mol. The van der Waals surface area contributed by atoms with Gasteiger partial charge in [0.05, 0.1) is 11.2 Å². The highest BCUT2D eigenvalue weighted by Gasteiger charge is 2.39. The molecule has 0 aromatic carbocycles. The highest BCUT2D eigenvalue weighted by molar-refractivity contribution is 4.90. The first-order valence-corrected chi connectivity index (χ1v) is 6.09. The van der Waals surface area contributed by atoms with Gasteiger partial charge in [0.25, 0.3) is 0 Å². The molecule has 1 N–H and O–H groups in total. The quantitative estimate of drug-likeness (QED) is 0.802. The third-order valence-corrected chi connectivity index (χ3v) is 2.84. The van der Waals surface area contributed by atoms with Crippen molar-refractivity contribution in [2.75, 3.05) is 26.2 Å². The molecule has 0 unspecified atom stereocenters. The van der Waals surface area contributed by atoms with Gasteiger partial charge in [-0.05, 0) is 27.7 Å². The van der Waals surface area contributed by atoms with Crippen LogP contribution in [0, 0.1) is 5.41 Å². The molecule has 0 bridgehead atoms. The van der Waals surface area contributed by atoms with Crippen molar-refractivity contribution in [1.82, 2.24) is 4.90 Å². The van der Waals surface area contributed by atoms with Gasteiger partial charge in [-0.1, -0.05) is 13.8 Å². The highest BCUT2D eigenvalue weighted by atomic mass is 16.5. The fourth-order valence-electron chi connectivity index (χ4n) is 2.71. The second-order valence-corrected chi connectivity index (χ2v) is 7.09. The van der Waals surface area contributed by atoms with Crippen LogP contribution >= 0.6 is 0 Å². The Morgan fingerprint density at radius 3 is 1.94 bits per heavy atom. The van der Waals surface area contributed by atoms with Crippen LogP contribution in [0.2, 0.25) is 0 Å². The van der Waals surface area contributed by atoms with Gasteiger partial charge < -0.3 is 9.84 Å². The second-order valence-electron chi connectivity index (χ2n) is 7.09. The number of hydrogen-bond acceptors (Lipinski definition) is 3. The zero-order valence-corrected chi connectivity index (χ0v) is 11.6. The highest BCUT2D eigenvalue weighted by Crippen LogP contribution is 2.30. The lowest BCUT2D eigenvalue weighted by Crippen LogP contribution is -2.58. The van der Waals surface area contributed by atoms with Crippen molar-refractivity contribution in [3.05, 3.63) is 0 Å². The average molecular weight is 229 g/mol. The zero-order valence-electron chi connectivity index (χ0n) is 11.6. The first-order chi connectivity index (χ1) is 7.05. The number of nitrogens with zero attached hydrogens (tertiary/aromatic N) is 1. The molecule has 0 atom stereocenters. The van der Waals surface area contributed by atoms with E-state index in [2.05, 4.69) is 46.4 Å². The molecule has 1 heterocycles. The summed E-state index contributed by atoms with van der Waals surface area (Å²) in [5, 5.41) is 9.33. The molecule has 0 aromatic heterocycles. The Kier molecular flexibility index (Phi) is 3.73. The van der Waals surface area contributed by atoms with Crippen LogP contribution in [0.1, 0.15) is 41.5 Å². The van der Waals surface area contributed by atoms with Gasteiger partial charge in [-0.25, -0.2) is 0 Å². The lowest BCUT2D eigenvalue weighted by molar-refractivity contribution is -0.184. The molecule has 96 valence electrons. The topological polar surface area (TPSA) is 32.7 Å². The summed E-state index contributed by atoms with van der Waals surface area (Å²) in [6.07, 6.45) is 0. The minimum Gasteiger partial charge on any atom is -0.396 e. The molecule has 1 aliphatic heterocycles. The molecule has 0 aromatic rings. The molecular formula is C13H27NO2. The predicted octanol–water partition coefficient (Wildman–Crippen LogP) is 1.89. The summed E-state index contributed by atoms with van der Waals surface area (Å²) in [5.74, 6) is 0. The van der Waals surface area contributed by atoms with E-state index < -0.39 is 0 Å². The van der Waals surface area contributed by atoms with E-state index in [1.807, 2.05) is 0 Å². The van der Waals surface area contributed by atoms with Crippen LogP contribution in [0.15, 0.2) is 0 Å². The average Bonchev–Trinajstić information content (AvgIpc) is 1.96.